The average Bonchev–Trinajstić information content (AvgIpc) is 3.28. The van der Waals surface area contributed by atoms with E-state index >= 15 is 0 Å². The van der Waals surface area contributed by atoms with Crippen molar-refractivity contribution in [1.82, 2.24) is 4.90 Å². The fraction of sp³-hybridized carbons (Fsp3) is 0.679. The quantitative estimate of drug-likeness (QED) is 0.179. The Hall–Kier alpha value is -1.61. The highest BCUT2D eigenvalue weighted by Gasteiger charge is 2.60. The molecule has 2 atom stereocenters. The summed E-state index contributed by atoms with van der Waals surface area (Å²) < 4.78 is 0. The molecule has 31 heavy (non-hydrogen) atoms. The summed E-state index contributed by atoms with van der Waals surface area (Å²) in [5, 5.41) is 9.77. The number of aliphatic hydroxyl groups excluding tert-OH is 1. The lowest BCUT2D eigenvalue weighted by Crippen LogP contribution is -2.20. The number of amides is 1. The van der Waals surface area contributed by atoms with Gasteiger partial charge in [0.2, 0.25) is 5.91 Å². The number of rotatable bonds is 14. The topological polar surface area (TPSA) is 40.3 Å². The molecule has 1 aliphatic heterocycles. The summed E-state index contributed by atoms with van der Waals surface area (Å²) in [6, 6.07) is -0.0132. The van der Waals surface area contributed by atoms with Gasteiger partial charge in [0, 0.05) is 6.42 Å². The maximum Gasteiger partial charge on any atom is 0.223 e. The number of hydrogen-bond acceptors (Lipinski definition) is 2. The Morgan fingerprint density at radius 2 is 1.32 bits per heavy atom. The number of carbonyl (C=O) groups excluding carboxylic acids is 1. The summed E-state index contributed by atoms with van der Waals surface area (Å²) in [6.07, 6.45) is 17.8. The van der Waals surface area contributed by atoms with Crippen LogP contribution in [-0.4, -0.2) is 34.1 Å². The second-order valence-electron chi connectivity index (χ2n) is 9.99. The lowest BCUT2D eigenvalue weighted by atomic mass is 9.99. The number of nitrogens with zero attached hydrogens (tertiary/aromatic N) is 1. The van der Waals surface area contributed by atoms with E-state index in [1.165, 1.54) is 22.3 Å². The molecule has 1 aliphatic rings. The van der Waals surface area contributed by atoms with Crippen LogP contribution in [0.3, 0.4) is 0 Å². The predicted molar refractivity (Wildman–Crippen MR) is 134 cm³/mol. The molecule has 0 saturated carbocycles. The van der Waals surface area contributed by atoms with E-state index in [-0.39, 0.29) is 24.1 Å². The standard InChI is InChI=1S/C28H47NO2/c1-22(2)13-10-16-24(5)15-8-9-19-27(31)29-26(21-30)28(29,7)20-12-18-25(6)17-11-14-23(3)4/h13-15,18,26,30H,8-12,16-17,19-21H2,1-7H3/b24-15+,25-18+/t26-,28-,29?/m0/s1. The van der Waals surface area contributed by atoms with Crippen molar-refractivity contribution in [3.05, 3.63) is 46.6 Å². The average molecular weight is 430 g/mol. The summed E-state index contributed by atoms with van der Waals surface area (Å²) in [5.41, 5.74) is 5.37. The molecule has 3 heteroatoms. The highest BCUT2D eigenvalue weighted by molar-refractivity contribution is 5.81. The Kier molecular flexibility index (Phi) is 12.1. The maximum absolute atomic E-state index is 12.7. The smallest absolute Gasteiger partial charge is 0.223 e. The van der Waals surface area contributed by atoms with Crippen molar-refractivity contribution in [2.45, 2.75) is 118 Å². The van der Waals surface area contributed by atoms with Gasteiger partial charge in [-0.25, -0.2) is 0 Å². The first kappa shape index (κ1) is 27.4. The first-order chi connectivity index (χ1) is 14.6. The largest absolute Gasteiger partial charge is 0.394 e. The fourth-order valence-electron chi connectivity index (χ4n) is 4.24. The zero-order valence-electron chi connectivity index (χ0n) is 21.3. The number of unbranched alkanes of at least 4 members (excludes halogenated alkanes) is 1. The third-order valence-electron chi connectivity index (χ3n) is 6.37. The molecule has 3 nitrogen and oxygen atoms in total. The van der Waals surface area contributed by atoms with Gasteiger partial charge in [0.15, 0.2) is 0 Å². The number of aliphatic hydroxyl groups is 1. The first-order valence-corrected chi connectivity index (χ1v) is 12.1. The summed E-state index contributed by atoms with van der Waals surface area (Å²) in [7, 11) is 0. The second-order valence-corrected chi connectivity index (χ2v) is 9.99. The third-order valence-corrected chi connectivity index (χ3v) is 6.37. The van der Waals surface area contributed by atoms with E-state index in [2.05, 4.69) is 72.8 Å². The van der Waals surface area contributed by atoms with Crippen LogP contribution in [-0.2, 0) is 4.79 Å². The Morgan fingerprint density at radius 3 is 1.81 bits per heavy atom. The second kappa shape index (κ2) is 13.7. The summed E-state index contributed by atoms with van der Waals surface area (Å²) in [4.78, 5) is 14.7. The molecule has 1 saturated heterocycles. The highest BCUT2D eigenvalue weighted by atomic mass is 16.3. The molecular weight excluding hydrogens is 382 g/mol. The molecule has 0 bridgehead atoms. The molecule has 1 rings (SSSR count). The van der Waals surface area contributed by atoms with Crippen molar-refractivity contribution >= 4 is 5.91 Å². The van der Waals surface area contributed by atoms with E-state index in [1.54, 1.807) is 0 Å². The van der Waals surface area contributed by atoms with Gasteiger partial charge in [0.1, 0.15) is 0 Å². The normalized spacial score (nSPS) is 21.2. The predicted octanol–water partition coefficient (Wildman–Crippen LogP) is 7.28. The van der Waals surface area contributed by atoms with Gasteiger partial charge >= 0.3 is 0 Å². The summed E-state index contributed by atoms with van der Waals surface area (Å²) in [6.45, 7) is 15.1. The lowest BCUT2D eigenvalue weighted by molar-refractivity contribution is -0.127. The van der Waals surface area contributed by atoms with Crippen molar-refractivity contribution in [2.75, 3.05) is 6.61 Å². The molecule has 0 aliphatic carbocycles. The highest BCUT2D eigenvalue weighted by Crippen LogP contribution is 2.45. The van der Waals surface area contributed by atoms with Crippen molar-refractivity contribution in [3.8, 4) is 0 Å². The zero-order valence-corrected chi connectivity index (χ0v) is 21.3. The molecule has 0 radical (unpaired) electrons. The minimum absolute atomic E-state index is 0.0132. The number of carbonyl (C=O) groups is 1. The number of allylic oxidation sites excluding steroid dienone is 8. The third kappa shape index (κ3) is 10.0. The minimum atomic E-state index is -0.182. The molecule has 1 amide bonds. The minimum Gasteiger partial charge on any atom is -0.394 e. The Balaban J connectivity index is 2.41. The summed E-state index contributed by atoms with van der Waals surface area (Å²) >= 11 is 0. The Morgan fingerprint density at radius 1 is 0.806 bits per heavy atom. The van der Waals surface area contributed by atoms with Gasteiger partial charge in [-0.1, -0.05) is 46.6 Å². The van der Waals surface area contributed by atoms with Crippen LogP contribution >= 0.6 is 0 Å². The zero-order chi connectivity index (χ0) is 23.4. The SMILES string of the molecule is CC(C)=CCC/C(C)=C/CCCC(=O)N1[C@@H](CO)[C@]1(C)CC/C=C(\C)CCC=C(C)C. The van der Waals surface area contributed by atoms with E-state index in [9.17, 15) is 9.90 Å². The van der Waals surface area contributed by atoms with Crippen molar-refractivity contribution in [3.63, 3.8) is 0 Å². The first-order valence-electron chi connectivity index (χ1n) is 12.1. The van der Waals surface area contributed by atoms with Gasteiger partial charge in [0.05, 0.1) is 18.2 Å². The van der Waals surface area contributed by atoms with Crippen LogP contribution in [0.25, 0.3) is 0 Å². The van der Waals surface area contributed by atoms with Crippen LogP contribution in [0.1, 0.15) is 106 Å². The van der Waals surface area contributed by atoms with Gasteiger partial charge in [-0.05, 0) is 99.8 Å². The summed E-state index contributed by atoms with van der Waals surface area (Å²) in [5.74, 6) is 0.196. The molecule has 0 spiro atoms. The molecule has 176 valence electrons. The molecule has 1 N–H and O–H groups in total. The van der Waals surface area contributed by atoms with E-state index in [4.69, 9.17) is 0 Å². The van der Waals surface area contributed by atoms with E-state index < -0.39 is 0 Å². The Bertz CT molecular complexity index is 690. The van der Waals surface area contributed by atoms with E-state index in [1.807, 2.05) is 4.90 Å². The van der Waals surface area contributed by atoms with Crippen LogP contribution in [0.4, 0.5) is 0 Å². The molecule has 0 aromatic heterocycles. The van der Waals surface area contributed by atoms with Gasteiger partial charge in [-0.3, -0.25) is 4.79 Å². The van der Waals surface area contributed by atoms with Crippen molar-refractivity contribution in [2.24, 2.45) is 0 Å². The van der Waals surface area contributed by atoms with Gasteiger partial charge < -0.3 is 10.0 Å². The number of hydrogen-bond donors (Lipinski definition) is 1. The van der Waals surface area contributed by atoms with Crippen LogP contribution in [0, 0.1) is 0 Å². The molecule has 1 heterocycles. The Labute approximate surface area is 192 Å². The molecule has 0 aromatic carbocycles. The molecule has 0 aromatic rings. The molecule has 0 unspecified atom stereocenters. The maximum atomic E-state index is 12.7. The van der Waals surface area contributed by atoms with E-state index in [0.29, 0.717) is 6.42 Å². The van der Waals surface area contributed by atoms with Crippen LogP contribution in [0.2, 0.25) is 0 Å². The van der Waals surface area contributed by atoms with Gasteiger partial charge in [-0.2, -0.15) is 0 Å². The monoisotopic (exact) mass is 429 g/mol. The van der Waals surface area contributed by atoms with Gasteiger partial charge in [-0.15, -0.1) is 0 Å². The van der Waals surface area contributed by atoms with E-state index in [0.717, 1.165) is 51.4 Å². The molecular formula is C28H47NO2. The van der Waals surface area contributed by atoms with Crippen LogP contribution in [0.5, 0.6) is 0 Å². The fourth-order valence-corrected chi connectivity index (χ4v) is 4.24. The lowest BCUT2D eigenvalue weighted by Gasteiger charge is -2.11. The van der Waals surface area contributed by atoms with Crippen LogP contribution in [0.15, 0.2) is 46.6 Å². The van der Waals surface area contributed by atoms with Crippen LogP contribution < -0.4 is 0 Å². The molecule has 1 fully saturated rings. The van der Waals surface area contributed by atoms with Crippen molar-refractivity contribution < 1.29 is 9.90 Å². The van der Waals surface area contributed by atoms with Crippen molar-refractivity contribution in [1.29, 1.82) is 0 Å². The van der Waals surface area contributed by atoms with Gasteiger partial charge in [0.25, 0.3) is 0 Å².